The van der Waals surface area contributed by atoms with Crippen LogP contribution >= 0.6 is 0 Å². The topological polar surface area (TPSA) is 13.1 Å². The van der Waals surface area contributed by atoms with Crippen molar-refractivity contribution in [3.63, 3.8) is 0 Å². The highest BCUT2D eigenvalue weighted by molar-refractivity contribution is 6.25. The van der Waals surface area contributed by atoms with Crippen LogP contribution in [0.3, 0.4) is 0 Å². The fraction of sp³-hybridized carbons (Fsp3) is 0. The van der Waals surface area contributed by atoms with Crippen LogP contribution in [0.2, 0.25) is 0 Å². The molecule has 0 spiro atoms. The summed E-state index contributed by atoms with van der Waals surface area (Å²) in [6.07, 6.45) is 0. The first-order valence-corrected chi connectivity index (χ1v) is 16.1. The van der Waals surface area contributed by atoms with Crippen molar-refractivity contribution in [2.45, 2.75) is 0 Å². The maximum absolute atomic E-state index is 9.70. The fourth-order valence-corrected chi connectivity index (χ4v) is 7.23. The lowest BCUT2D eigenvalue weighted by Crippen LogP contribution is -1.91. The molecule has 0 amide bonds. The standard InChI is InChI=1S/C48H30O/c1-2-12-31(13-3-1)36-26-27-42-45(30-36)49-44-23-11-22-43(48(42)44)47-40-20-8-6-18-38(40)46(39-19-7-9-21-41(39)47)37-17-10-16-34(29-37)35-25-24-32-14-4-5-15-33(32)28-35/h1-30H/i1D,2D,3D,10D,12D,13D,16D,17D,29D. The Balaban J connectivity index is 1.25. The van der Waals surface area contributed by atoms with Gasteiger partial charge >= 0.3 is 0 Å². The predicted octanol–water partition coefficient (Wildman–Crippen LogP) is 13.7. The zero-order chi connectivity index (χ0) is 40.1. The Morgan fingerprint density at radius 1 is 0.388 bits per heavy atom. The lowest BCUT2D eigenvalue weighted by atomic mass is 9.84. The Kier molecular flexibility index (Phi) is 4.53. The van der Waals surface area contributed by atoms with E-state index in [0.29, 0.717) is 33.4 Å². The van der Waals surface area contributed by atoms with Crippen LogP contribution in [0.1, 0.15) is 12.3 Å². The van der Waals surface area contributed by atoms with Gasteiger partial charge in [-0.05, 0) is 107 Å². The van der Waals surface area contributed by atoms with Crippen molar-refractivity contribution in [1.29, 1.82) is 0 Å². The normalized spacial score (nSPS) is 14.2. The molecule has 0 aliphatic rings. The van der Waals surface area contributed by atoms with Gasteiger partial charge in [0.05, 0.1) is 12.3 Å². The zero-order valence-corrected chi connectivity index (χ0v) is 26.0. The maximum atomic E-state index is 9.70. The molecule has 0 unspecified atom stereocenters. The molecule has 0 radical (unpaired) electrons. The Morgan fingerprint density at radius 3 is 1.80 bits per heavy atom. The van der Waals surface area contributed by atoms with E-state index < -0.39 is 18.1 Å². The van der Waals surface area contributed by atoms with Crippen molar-refractivity contribution in [3.05, 3.63) is 182 Å². The second-order valence-corrected chi connectivity index (χ2v) is 12.1. The van der Waals surface area contributed by atoms with Crippen LogP contribution in [0.15, 0.2) is 186 Å². The quantitative estimate of drug-likeness (QED) is 0.176. The molecule has 10 aromatic rings. The van der Waals surface area contributed by atoms with E-state index >= 15 is 0 Å². The van der Waals surface area contributed by atoms with E-state index in [1.54, 1.807) is 12.1 Å². The van der Waals surface area contributed by atoms with Crippen LogP contribution in [0.25, 0.3) is 98.8 Å². The Labute approximate surface area is 297 Å². The van der Waals surface area contributed by atoms with Crippen LogP contribution in [-0.4, -0.2) is 0 Å². The van der Waals surface area contributed by atoms with Crippen LogP contribution in [-0.2, 0) is 0 Å². The van der Waals surface area contributed by atoms with E-state index in [4.69, 9.17) is 14.0 Å². The average molecular weight is 632 g/mol. The molecule has 0 atom stereocenters. The monoisotopic (exact) mass is 631 g/mol. The van der Waals surface area contributed by atoms with E-state index in [1.807, 2.05) is 115 Å². The molecule has 0 bridgehead atoms. The Morgan fingerprint density at radius 2 is 1.02 bits per heavy atom. The molecule has 49 heavy (non-hydrogen) atoms. The first-order valence-electron chi connectivity index (χ1n) is 20.6. The third-order valence-electron chi connectivity index (χ3n) is 9.40. The molecule has 0 fully saturated rings. The van der Waals surface area contributed by atoms with E-state index in [1.165, 1.54) is 0 Å². The number of hydrogen-bond donors (Lipinski definition) is 0. The fourth-order valence-electron chi connectivity index (χ4n) is 7.23. The van der Waals surface area contributed by atoms with E-state index in [-0.39, 0.29) is 47.4 Å². The van der Waals surface area contributed by atoms with Crippen molar-refractivity contribution in [3.8, 4) is 44.5 Å². The highest BCUT2D eigenvalue weighted by Gasteiger charge is 2.20. The van der Waals surface area contributed by atoms with Crippen molar-refractivity contribution < 1.29 is 16.8 Å². The Bertz CT molecular complexity index is 3320. The Hall–Kier alpha value is -6.44. The van der Waals surface area contributed by atoms with Gasteiger partial charge in [0.25, 0.3) is 0 Å². The summed E-state index contributed by atoms with van der Waals surface area (Å²) in [7, 11) is 0. The number of furan rings is 1. The van der Waals surface area contributed by atoms with Crippen LogP contribution in [0.4, 0.5) is 0 Å². The van der Waals surface area contributed by atoms with Crippen molar-refractivity contribution >= 4 is 54.3 Å². The van der Waals surface area contributed by atoms with E-state index in [2.05, 4.69) is 0 Å². The van der Waals surface area contributed by atoms with E-state index in [0.717, 1.165) is 54.2 Å². The first kappa shape index (κ1) is 20.0. The van der Waals surface area contributed by atoms with Gasteiger partial charge in [-0.2, -0.15) is 0 Å². The van der Waals surface area contributed by atoms with Crippen LogP contribution < -0.4 is 0 Å². The van der Waals surface area contributed by atoms with Crippen LogP contribution in [0, 0.1) is 0 Å². The highest BCUT2D eigenvalue weighted by atomic mass is 16.3. The summed E-state index contributed by atoms with van der Waals surface area (Å²) in [5.41, 5.74) is 5.31. The van der Waals surface area contributed by atoms with E-state index in [9.17, 15) is 2.74 Å². The third-order valence-corrected chi connectivity index (χ3v) is 9.40. The second-order valence-electron chi connectivity index (χ2n) is 12.1. The molecule has 0 aliphatic carbocycles. The van der Waals surface area contributed by atoms with Crippen LogP contribution in [0.5, 0.6) is 0 Å². The van der Waals surface area contributed by atoms with Gasteiger partial charge in [0, 0.05) is 10.8 Å². The van der Waals surface area contributed by atoms with Crippen molar-refractivity contribution in [1.82, 2.24) is 0 Å². The van der Waals surface area contributed by atoms with Gasteiger partial charge in [-0.1, -0.05) is 151 Å². The van der Waals surface area contributed by atoms with Gasteiger partial charge < -0.3 is 4.42 Å². The third kappa shape index (κ3) is 4.47. The predicted molar refractivity (Wildman–Crippen MR) is 208 cm³/mol. The molecule has 0 N–H and O–H groups in total. The van der Waals surface area contributed by atoms with Gasteiger partial charge in [0.1, 0.15) is 11.2 Å². The number of benzene rings is 9. The van der Waals surface area contributed by atoms with Gasteiger partial charge in [-0.25, -0.2) is 0 Å². The summed E-state index contributed by atoms with van der Waals surface area (Å²) in [5.74, 6) is 0. The summed E-state index contributed by atoms with van der Waals surface area (Å²) < 4.78 is 85.1. The number of rotatable bonds is 4. The summed E-state index contributed by atoms with van der Waals surface area (Å²) in [4.78, 5) is 0. The summed E-state index contributed by atoms with van der Waals surface area (Å²) in [6, 6.07) is 38.2. The average Bonchev–Trinajstić information content (AvgIpc) is 3.62. The molecule has 0 saturated heterocycles. The molecular formula is C48H30O. The number of hydrogen-bond acceptors (Lipinski definition) is 1. The largest absolute Gasteiger partial charge is 0.456 e. The highest BCUT2D eigenvalue weighted by Crippen LogP contribution is 2.47. The summed E-state index contributed by atoms with van der Waals surface area (Å²) in [5, 5.41) is 6.89. The van der Waals surface area contributed by atoms with Crippen molar-refractivity contribution in [2.75, 3.05) is 0 Å². The molecule has 1 heteroatoms. The molecule has 0 aliphatic heterocycles. The molecule has 9 aromatic carbocycles. The van der Waals surface area contributed by atoms with Gasteiger partial charge in [0.2, 0.25) is 0 Å². The summed E-state index contributed by atoms with van der Waals surface area (Å²) in [6.45, 7) is 0. The smallest absolute Gasteiger partial charge is 0.136 e. The summed E-state index contributed by atoms with van der Waals surface area (Å²) >= 11 is 0. The van der Waals surface area contributed by atoms with Gasteiger partial charge in [0.15, 0.2) is 0 Å². The SMILES string of the molecule is [2H]c1c([2H])c([2H])c(-c2ccc3c(c2)oc2cccc(-c4c5ccccc5c(-c5c([2H])c([2H])c([2H])c(-c6ccc7ccccc7c6)c5[2H])c5ccccc45)c23)c([2H])c1[2H]. The molecule has 228 valence electrons. The van der Waals surface area contributed by atoms with Crippen molar-refractivity contribution in [2.24, 2.45) is 0 Å². The maximum Gasteiger partial charge on any atom is 0.136 e. The first-order chi connectivity index (χ1) is 28.0. The minimum absolute atomic E-state index is 0.0159. The molecule has 1 heterocycles. The lowest BCUT2D eigenvalue weighted by molar-refractivity contribution is 0.669. The lowest BCUT2D eigenvalue weighted by Gasteiger charge is -2.18. The second kappa shape index (κ2) is 11.1. The zero-order valence-electron chi connectivity index (χ0n) is 35.0. The molecule has 10 rings (SSSR count). The molecular weight excluding hydrogens is 593 g/mol. The number of fused-ring (bicyclic) bond motifs is 6. The molecule has 1 nitrogen and oxygen atoms in total. The minimum Gasteiger partial charge on any atom is -0.456 e. The molecule has 0 saturated carbocycles. The van der Waals surface area contributed by atoms with Gasteiger partial charge in [-0.15, -0.1) is 0 Å². The van der Waals surface area contributed by atoms with Gasteiger partial charge in [-0.3, -0.25) is 0 Å². The minimum atomic E-state index is -0.449. The molecule has 1 aromatic heterocycles.